The molecule has 4 fully saturated rings. The first-order valence-electron chi connectivity index (χ1n) is 7.06. The van der Waals surface area contributed by atoms with E-state index < -0.39 is 11.2 Å². The highest BCUT2D eigenvalue weighted by Crippen LogP contribution is 2.60. The lowest BCUT2D eigenvalue weighted by Crippen LogP contribution is -2.70. The van der Waals surface area contributed by atoms with E-state index in [-0.39, 0.29) is 11.4 Å². The number of carbonyl (C=O) groups excluding carboxylic acids is 1. The number of hydrogen-bond acceptors (Lipinski definition) is 3. The SMILES string of the molecule is C=C(C)C(=O)N(C)C12CC3CC(O)(CC(O)(C3)C1)C2. The van der Waals surface area contributed by atoms with Crippen molar-refractivity contribution in [2.24, 2.45) is 5.92 Å². The third kappa shape index (κ3) is 1.84. The van der Waals surface area contributed by atoms with Gasteiger partial charge in [-0.15, -0.1) is 0 Å². The van der Waals surface area contributed by atoms with Crippen LogP contribution in [0.5, 0.6) is 0 Å². The molecule has 1 amide bonds. The molecule has 4 aliphatic rings. The molecule has 0 aliphatic heterocycles. The van der Waals surface area contributed by atoms with Crippen molar-refractivity contribution in [2.75, 3.05) is 7.05 Å². The fraction of sp³-hybridized carbons (Fsp3) is 0.800. The highest BCUT2D eigenvalue weighted by atomic mass is 16.3. The minimum Gasteiger partial charge on any atom is -0.390 e. The van der Waals surface area contributed by atoms with Gasteiger partial charge in [0, 0.05) is 24.6 Å². The van der Waals surface area contributed by atoms with Crippen LogP contribution in [-0.4, -0.2) is 44.8 Å². The molecule has 19 heavy (non-hydrogen) atoms. The lowest BCUT2D eigenvalue weighted by molar-refractivity contribution is -0.230. The zero-order chi connectivity index (χ0) is 14.1. The smallest absolute Gasteiger partial charge is 0.249 e. The Labute approximate surface area is 114 Å². The summed E-state index contributed by atoms with van der Waals surface area (Å²) in [7, 11) is 1.79. The van der Waals surface area contributed by atoms with E-state index in [0.29, 0.717) is 30.8 Å². The second-order valence-electron chi connectivity index (χ2n) is 7.33. The Kier molecular flexibility index (Phi) is 2.50. The molecule has 0 heterocycles. The van der Waals surface area contributed by atoms with Gasteiger partial charge >= 0.3 is 0 Å². The zero-order valence-electron chi connectivity index (χ0n) is 11.8. The molecule has 4 heteroatoms. The Bertz CT molecular complexity index is 440. The van der Waals surface area contributed by atoms with Gasteiger partial charge in [-0.1, -0.05) is 6.58 Å². The first-order chi connectivity index (χ1) is 8.67. The van der Waals surface area contributed by atoms with E-state index in [1.165, 1.54) is 0 Å². The zero-order valence-corrected chi connectivity index (χ0v) is 11.8. The fourth-order valence-corrected chi connectivity index (χ4v) is 5.16. The topological polar surface area (TPSA) is 60.8 Å². The van der Waals surface area contributed by atoms with E-state index in [2.05, 4.69) is 6.58 Å². The summed E-state index contributed by atoms with van der Waals surface area (Å²) in [4.78, 5) is 14.0. The lowest BCUT2D eigenvalue weighted by atomic mass is 9.49. The van der Waals surface area contributed by atoms with Gasteiger partial charge in [-0.3, -0.25) is 4.79 Å². The molecule has 2 unspecified atom stereocenters. The number of rotatable bonds is 2. The van der Waals surface area contributed by atoms with E-state index in [4.69, 9.17) is 0 Å². The summed E-state index contributed by atoms with van der Waals surface area (Å²) in [6, 6.07) is 0. The van der Waals surface area contributed by atoms with Crippen LogP contribution in [0.2, 0.25) is 0 Å². The minimum absolute atomic E-state index is 0.0749. The van der Waals surface area contributed by atoms with Crippen LogP contribution in [0.25, 0.3) is 0 Å². The third-order valence-electron chi connectivity index (χ3n) is 5.36. The Morgan fingerprint density at radius 1 is 1.16 bits per heavy atom. The Morgan fingerprint density at radius 2 is 1.68 bits per heavy atom. The fourth-order valence-electron chi connectivity index (χ4n) is 5.16. The van der Waals surface area contributed by atoms with Gasteiger partial charge in [-0.05, 0) is 44.9 Å². The van der Waals surface area contributed by atoms with Crippen molar-refractivity contribution >= 4 is 5.91 Å². The summed E-state index contributed by atoms with van der Waals surface area (Å²) in [5, 5.41) is 21.4. The number of nitrogens with zero attached hydrogens (tertiary/aromatic N) is 1. The Balaban J connectivity index is 1.96. The summed E-state index contributed by atoms with van der Waals surface area (Å²) in [5.41, 5.74) is -1.47. The molecule has 0 aromatic carbocycles. The van der Waals surface area contributed by atoms with Gasteiger partial charge in [0.15, 0.2) is 0 Å². The van der Waals surface area contributed by atoms with Crippen LogP contribution in [0.4, 0.5) is 0 Å². The molecule has 0 aromatic rings. The normalized spacial score (nSPS) is 47.3. The molecule has 106 valence electrons. The van der Waals surface area contributed by atoms with Gasteiger partial charge in [0.25, 0.3) is 0 Å². The average molecular weight is 265 g/mol. The van der Waals surface area contributed by atoms with E-state index in [9.17, 15) is 15.0 Å². The molecule has 4 saturated carbocycles. The summed E-state index contributed by atoms with van der Waals surface area (Å²) in [5.74, 6) is 0.251. The molecule has 0 spiro atoms. The van der Waals surface area contributed by atoms with Crippen LogP contribution >= 0.6 is 0 Å². The van der Waals surface area contributed by atoms with E-state index in [1.54, 1.807) is 18.9 Å². The quantitative estimate of drug-likeness (QED) is 0.738. The van der Waals surface area contributed by atoms with Crippen molar-refractivity contribution in [3.63, 3.8) is 0 Å². The van der Waals surface area contributed by atoms with Crippen LogP contribution in [-0.2, 0) is 4.79 Å². The average Bonchev–Trinajstić information content (AvgIpc) is 2.21. The molecule has 4 bridgehead atoms. The molecule has 0 saturated heterocycles. The van der Waals surface area contributed by atoms with Gasteiger partial charge in [0.2, 0.25) is 5.91 Å². The summed E-state index contributed by atoms with van der Waals surface area (Å²) in [6.45, 7) is 5.43. The first kappa shape index (κ1) is 13.1. The number of amides is 1. The van der Waals surface area contributed by atoms with Crippen LogP contribution < -0.4 is 0 Å². The highest BCUT2D eigenvalue weighted by molar-refractivity contribution is 5.92. The van der Waals surface area contributed by atoms with Gasteiger partial charge in [-0.2, -0.15) is 0 Å². The largest absolute Gasteiger partial charge is 0.390 e. The summed E-state index contributed by atoms with van der Waals surface area (Å²) in [6.07, 6.45) is 4.08. The van der Waals surface area contributed by atoms with Crippen LogP contribution in [0.1, 0.15) is 45.4 Å². The lowest BCUT2D eigenvalue weighted by Gasteiger charge is -2.65. The van der Waals surface area contributed by atoms with Crippen molar-refractivity contribution in [3.8, 4) is 0 Å². The van der Waals surface area contributed by atoms with Crippen molar-refractivity contribution in [2.45, 2.75) is 62.2 Å². The van der Waals surface area contributed by atoms with Crippen molar-refractivity contribution in [1.82, 2.24) is 4.90 Å². The predicted molar refractivity (Wildman–Crippen MR) is 71.4 cm³/mol. The molecule has 2 atom stereocenters. The summed E-state index contributed by atoms with van der Waals surface area (Å²) < 4.78 is 0. The minimum atomic E-state index is -0.794. The molecule has 2 N–H and O–H groups in total. The second-order valence-corrected chi connectivity index (χ2v) is 7.33. The monoisotopic (exact) mass is 265 g/mol. The number of likely N-dealkylation sites (N-methyl/N-ethyl adjacent to an activating group) is 1. The molecular formula is C15H23NO3. The maximum Gasteiger partial charge on any atom is 0.249 e. The van der Waals surface area contributed by atoms with Gasteiger partial charge in [0.05, 0.1) is 11.2 Å². The van der Waals surface area contributed by atoms with Crippen LogP contribution in [0.3, 0.4) is 0 Å². The van der Waals surface area contributed by atoms with Crippen LogP contribution in [0.15, 0.2) is 12.2 Å². The van der Waals surface area contributed by atoms with E-state index in [1.807, 2.05) is 0 Å². The molecule has 0 aromatic heterocycles. The standard InChI is InChI=1S/C15H23NO3/c1-10(2)12(17)16(3)13-4-11-5-14(18,7-13)9-15(19,6-11)8-13/h11,18-19H,1,4-9H2,2-3H3. The first-order valence-corrected chi connectivity index (χ1v) is 7.06. The van der Waals surface area contributed by atoms with Gasteiger partial charge in [-0.25, -0.2) is 0 Å². The Hall–Kier alpha value is -0.870. The van der Waals surface area contributed by atoms with E-state index in [0.717, 1.165) is 19.3 Å². The highest BCUT2D eigenvalue weighted by Gasteiger charge is 2.64. The van der Waals surface area contributed by atoms with Crippen molar-refractivity contribution in [3.05, 3.63) is 12.2 Å². The van der Waals surface area contributed by atoms with Gasteiger partial charge in [0.1, 0.15) is 0 Å². The third-order valence-corrected chi connectivity index (χ3v) is 5.36. The van der Waals surface area contributed by atoms with Crippen molar-refractivity contribution in [1.29, 1.82) is 0 Å². The molecule has 4 rings (SSSR count). The van der Waals surface area contributed by atoms with Gasteiger partial charge < -0.3 is 15.1 Å². The molecule has 4 aliphatic carbocycles. The number of carbonyl (C=O) groups is 1. The van der Waals surface area contributed by atoms with Crippen molar-refractivity contribution < 1.29 is 15.0 Å². The number of aliphatic hydroxyl groups is 2. The predicted octanol–water partition coefficient (Wildman–Crippen LogP) is 1.22. The molecular weight excluding hydrogens is 242 g/mol. The van der Waals surface area contributed by atoms with Crippen LogP contribution in [0, 0.1) is 5.92 Å². The second kappa shape index (κ2) is 3.61. The maximum absolute atomic E-state index is 12.2. The number of hydrogen-bond donors (Lipinski definition) is 2. The van der Waals surface area contributed by atoms with E-state index >= 15 is 0 Å². The Morgan fingerprint density at radius 3 is 2.11 bits per heavy atom. The molecule has 4 nitrogen and oxygen atoms in total. The summed E-state index contributed by atoms with van der Waals surface area (Å²) >= 11 is 0. The molecule has 0 radical (unpaired) electrons. The maximum atomic E-state index is 12.2.